The second-order valence-corrected chi connectivity index (χ2v) is 6.26. The van der Waals surface area contributed by atoms with Crippen LogP contribution in [-0.2, 0) is 4.79 Å². The molecule has 1 N–H and O–H groups in total. The molecule has 0 unspecified atom stereocenters. The minimum Gasteiger partial charge on any atom is -0.324 e. The van der Waals surface area contributed by atoms with E-state index < -0.39 is 0 Å². The van der Waals surface area contributed by atoms with Gasteiger partial charge in [0.1, 0.15) is 11.9 Å². The summed E-state index contributed by atoms with van der Waals surface area (Å²) in [5.74, 6) is -0.366. The van der Waals surface area contributed by atoms with Crippen molar-refractivity contribution < 1.29 is 9.18 Å². The summed E-state index contributed by atoms with van der Waals surface area (Å²) in [4.78, 5) is 15.2. The molecule has 0 aliphatic carbocycles. The number of rotatable bonds is 4. The number of carbonyl (C=O) groups is 1. The molecule has 0 bridgehead atoms. The van der Waals surface area contributed by atoms with Crippen LogP contribution < -0.4 is 5.32 Å². The molecule has 1 heterocycles. The van der Waals surface area contributed by atoms with E-state index in [4.69, 9.17) is 0 Å². The van der Waals surface area contributed by atoms with Crippen LogP contribution in [-0.4, -0.2) is 23.9 Å². The van der Waals surface area contributed by atoms with Crippen LogP contribution in [0.4, 0.5) is 10.1 Å². The van der Waals surface area contributed by atoms with Crippen LogP contribution in [0.25, 0.3) is 0 Å². The third-order valence-corrected chi connectivity index (χ3v) is 4.48. The summed E-state index contributed by atoms with van der Waals surface area (Å²) in [6, 6.07) is 15.5. The van der Waals surface area contributed by atoms with Gasteiger partial charge in [-0.2, -0.15) is 0 Å². The highest BCUT2D eigenvalue weighted by molar-refractivity contribution is 5.95. The molecule has 1 atom stereocenters. The Balaban J connectivity index is 1.82. The molecule has 24 heavy (non-hydrogen) atoms. The molecule has 4 heteroatoms. The van der Waals surface area contributed by atoms with Gasteiger partial charge in [0.15, 0.2) is 0 Å². The smallest absolute Gasteiger partial charge is 0.246 e. The normalized spacial score (nSPS) is 17.0. The molecule has 1 amide bonds. The molecule has 0 saturated carbocycles. The average Bonchev–Trinajstić information content (AvgIpc) is 2.87. The Kier molecular flexibility index (Phi) is 5.59. The Bertz CT molecular complexity index is 649. The average molecular weight is 326 g/mol. The van der Waals surface area contributed by atoms with Crippen LogP contribution in [0, 0.1) is 5.82 Å². The number of halogens is 1. The maximum atomic E-state index is 13.1. The number of hydrogen-bond acceptors (Lipinski definition) is 2. The van der Waals surface area contributed by atoms with E-state index >= 15 is 0 Å². The van der Waals surface area contributed by atoms with E-state index in [2.05, 4.69) is 10.2 Å². The molecular weight excluding hydrogens is 303 g/mol. The minimum absolute atomic E-state index is 0.0605. The lowest BCUT2D eigenvalue weighted by Gasteiger charge is -2.30. The van der Waals surface area contributed by atoms with Crippen molar-refractivity contribution in [1.82, 2.24) is 4.90 Å². The van der Waals surface area contributed by atoms with Crippen molar-refractivity contribution in [2.24, 2.45) is 0 Å². The van der Waals surface area contributed by atoms with Crippen LogP contribution in [0.5, 0.6) is 0 Å². The highest BCUT2D eigenvalue weighted by atomic mass is 19.1. The van der Waals surface area contributed by atoms with E-state index in [1.165, 1.54) is 25.0 Å². The maximum absolute atomic E-state index is 13.1. The van der Waals surface area contributed by atoms with Gasteiger partial charge in [-0.3, -0.25) is 9.69 Å². The molecule has 3 rings (SSSR count). The van der Waals surface area contributed by atoms with Crippen LogP contribution >= 0.6 is 0 Å². The number of carbonyl (C=O) groups excluding carboxylic acids is 1. The van der Waals surface area contributed by atoms with Crippen LogP contribution in [0.3, 0.4) is 0 Å². The maximum Gasteiger partial charge on any atom is 0.246 e. The van der Waals surface area contributed by atoms with Gasteiger partial charge in [-0.05, 0) is 55.8 Å². The summed E-state index contributed by atoms with van der Waals surface area (Å²) < 4.78 is 13.1. The number of anilines is 1. The Labute approximate surface area is 142 Å². The fraction of sp³-hybridized carbons (Fsp3) is 0.350. The molecule has 1 fully saturated rings. The molecule has 1 aliphatic heterocycles. The lowest BCUT2D eigenvalue weighted by Crippen LogP contribution is -2.38. The van der Waals surface area contributed by atoms with Gasteiger partial charge < -0.3 is 5.32 Å². The Morgan fingerprint density at radius 2 is 1.54 bits per heavy atom. The molecule has 1 aliphatic rings. The van der Waals surface area contributed by atoms with Gasteiger partial charge in [-0.25, -0.2) is 4.39 Å². The molecule has 0 aromatic heterocycles. The summed E-state index contributed by atoms with van der Waals surface area (Å²) in [6.07, 6.45) is 4.68. The third-order valence-electron chi connectivity index (χ3n) is 4.48. The van der Waals surface area contributed by atoms with Crippen molar-refractivity contribution in [3.63, 3.8) is 0 Å². The SMILES string of the molecule is O=C(Nc1ccc(F)cc1)[C@H](c1ccccc1)N1CCCCCC1. The monoisotopic (exact) mass is 326 g/mol. The quantitative estimate of drug-likeness (QED) is 0.904. The summed E-state index contributed by atoms with van der Waals surface area (Å²) >= 11 is 0. The topological polar surface area (TPSA) is 32.3 Å². The van der Waals surface area contributed by atoms with Crippen molar-refractivity contribution in [2.75, 3.05) is 18.4 Å². The predicted molar refractivity (Wildman–Crippen MR) is 94.3 cm³/mol. The molecule has 2 aromatic rings. The highest BCUT2D eigenvalue weighted by Crippen LogP contribution is 2.26. The van der Waals surface area contributed by atoms with Gasteiger partial charge in [0.2, 0.25) is 5.91 Å². The Morgan fingerprint density at radius 3 is 2.17 bits per heavy atom. The molecule has 3 nitrogen and oxygen atoms in total. The summed E-state index contributed by atoms with van der Waals surface area (Å²) in [5.41, 5.74) is 1.62. The zero-order valence-corrected chi connectivity index (χ0v) is 13.7. The Hall–Kier alpha value is -2.20. The van der Waals surface area contributed by atoms with Gasteiger partial charge >= 0.3 is 0 Å². The molecule has 2 aromatic carbocycles. The second-order valence-electron chi connectivity index (χ2n) is 6.26. The second kappa shape index (κ2) is 8.06. The van der Waals surface area contributed by atoms with E-state index in [-0.39, 0.29) is 17.8 Å². The van der Waals surface area contributed by atoms with E-state index in [9.17, 15) is 9.18 Å². The van der Waals surface area contributed by atoms with Crippen LogP contribution in [0.2, 0.25) is 0 Å². The van der Waals surface area contributed by atoms with Crippen LogP contribution in [0.1, 0.15) is 37.3 Å². The van der Waals surface area contributed by atoms with E-state index in [1.54, 1.807) is 12.1 Å². The lowest BCUT2D eigenvalue weighted by molar-refractivity contribution is -0.121. The molecule has 0 spiro atoms. The first-order valence-electron chi connectivity index (χ1n) is 8.59. The molecule has 0 radical (unpaired) electrons. The van der Waals surface area contributed by atoms with Crippen LogP contribution in [0.15, 0.2) is 54.6 Å². The van der Waals surface area contributed by atoms with Gasteiger partial charge in [-0.1, -0.05) is 43.2 Å². The van der Waals surface area contributed by atoms with Gasteiger partial charge in [0, 0.05) is 5.69 Å². The standard InChI is InChI=1S/C20H23FN2O/c21-17-10-12-18(13-11-17)22-20(24)19(16-8-4-3-5-9-16)23-14-6-1-2-7-15-23/h3-5,8-13,19H,1-2,6-7,14-15H2,(H,22,24)/t19-/m0/s1. The molecule has 126 valence electrons. The van der Waals surface area contributed by atoms with Gasteiger partial charge in [0.05, 0.1) is 0 Å². The van der Waals surface area contributed by atoms with Crippen molar-refractivity contribution in [3.8, 4) is 0 Å². The minimum atomic E-state index is -0.311. The summed E-state index contributed by atoms with van der Waals surface area (Å²) in [7, 11) is 0. The number of amides is 1. The number of likely N-dealkylation sites (tertiary alicyclic amines) is 1. The number of hydrogen-bond donors (Lipinski definition) is 1. The zero-order chi connectivity index (χ0) is 16.8. The van der Waals surface area contributed by atoms with E-state index in [0.29, 0.717) is 5.69 Å². The fourth-order valence-corrected chi connectivity index (χ4v) is 3.26. The Morgan fingerprint density at radius 1 is 0.917 bits per heavy atom. The van der Waals surface area contributed by atoms with Gasteiger partial charge in [-0.15, -0.1) is 0 Å². The molecular formula is C20H23FN2O. The fourth-order valence-electron chi connectivity index (χ4n) is 3.26. The largest absolute Gasteiger partial charge is 0.324 e. The number of nitrogens with one attached hydrogen (secondary N) is 1. The van der Waals surface area contributed by atoms with Crippen molar-refractivity contribution in [1.29, 1.82) is 0 Å². The molecule has 1 saturated heterocycles. The summed E-state index contributed by atoms with van der Waals surface area (Å²) in [6.45, 7) is 1.85. The highest BCUT2D eigenvalue weighted by Gasteiger charge is 2.28. The third kappa shape index (κ3) is 4.20. The van der Waals surface area contributed by atoms with Crippen molar-refractivity contribution in [2.45, 2.75) is 31.7 Å². The van der Waals surface area contributed by atoms with E-state index in [1.807, 2.05) is 30.3 Å². The first kappa shape index (κ1) is 16.7. The summed E-state index contributed by atoms with van der Waals surface area (Å²) in [5, 5.41) is 2.94. The number of benzene rings is 2. The first-order valence-corrected chi connectivity index (χ1v) is 8.59. The zero-order valence-electron chi connectivity index (χ0n) is 13.7. The van der Waals surface area contributed by atoms with Crippen molar-refractivity contribution in [3.05, 3.63) is 66.0 Å². The predicted octanol–water partition coefficient (Wildman–Crippen LogP) is 4.38. The number of nitrogens with zero attached hydrogens (tertiary/aromatic N) is 1. The van der Waals surface area contributed by atoms with Gasteiger partial charge in [0.25, 0.3) is 0 Å². The van der Waals surface area contributed by atoms with E-state index in [0.717, 1.165) is 31.5 Å². The lowest BCUT2D eigenvalue weighted by atomic mass is 10.0. The first-order chi connectivity index (χ1) is 11.7. The van der Waals surface area contributed by atoms with Crippen molar-refractivity contribution >= 4 is 11.6 Å².